The molecule has 0 aliphatic carbocycles. The summed E-state index contributed by atoms with van der Waals surface area (Å²) in [6.45, 7) is 1.42. The zero-order valence-electron chi connectivity index (χ0n) is 10.9. The van der Waals surface area contributed by atoms with Gasteiger partial charge < -0.3 is 10.1 Å². The number of ether oxygens (including phenoxy) is 1. The number of hydrogen-bond donors (Lipinski definition) is 1. The highest BCUT2D eigenvalue weighted by Gasteiger charge is 2.20. The van der Waals surface area contributed by atoms with E-state index >= 15 is 0 Å². The summed E-state index contributed by atoms with van der Waals surface area (Å²) < 4.78 is 19.5. The SMILES string of the molecule is Fc1ccc(CNC2CCOc3ccccc32)c(Br)c1. The van der Waals surface area contributed by atoms with Gasteiger partial charge in [0.05, 0.1) is 6.61 Å². The van der Waals surface area contributed by atoms with Crippen LogP contribution in [0.5, 0.6) is 5.75 Å². The molecule has 0 saturated carbocycles. The van der Waals surface area contributed by atoms with Crippen molar-refractivity contribution in [3.63, 3.8) is 0 Å². The van der Waals surface area contributed by atoms with Crippen LogP contribution < -0.4 is 10.1 Å². The Morgan fingerprint density at radius 3 is 2.95 bits per heavy atom. The molecule has 2 aromatic carbocycles. The van der Waals surface area contributed by atoms with Gasteiger partial charge in [0.25, 0.3) is 0 Å². The lowest BCUT2D eigenvalue weighted by Gasteiger charge is -2.27. The highest BCUT2D eigenvalue weighted by Crippen LogP contribution is 2.32. The Labute approximate surface area is 126 Å². The number of halogens is 2. The van der Waals surface area contributed by atoms with E-state index in [4.69, 9.17) is 4.74 Å². The average Bonchev–Trinajstić information content (AvgIpc) is 2.46. The molecule has 1 atom stereocenters. The van der Waals surface area contributed by atoms with E-state index in [-0.39, 0.29) is 11.9 Å². The predicted molar refractivity (Wildman–Crippen MR) is 80.2 cm³/mol. The first-order chi connectivity index (χ1) is 9.74. The second-order valence-electron chi connectivity index (χ2n) is 4.84. The predicted octanol–water partition coefficient (Wildman–Crippen LogP) is 4.20. The summed E-state index contributed by atoms with van der Waals surface area (Å²) in [5, 5.41) is 3.52. The van der Waals surface area contributed by atoms with E-state index in [1.54, 1.807) is 6.07 Å². The zero-order chi connectivity index (χ0) is 13.9. The van der Waals surface area contributed by atoms with Crippen molar-refractivity contribution in [3.05, 3.63) is 63.9 Å². The fraction of sp³-hybridized carbons (Fsp3) is 0.250. The van der Waals surface area contributed by atoms with Gasteiger partial charge in [0.2, 0.25) is 0 Å². The number of para-hydroxylation sites is 1. The second-order valence-corrected chi connectivity index (χ2v) is 5.70. The summed E-state index contributed by atoms with van der Waals surface area (Å²) in [6, 6.07) is 13.2. The molecule has 1 aliphatic rings. The van der Waals surface area contributed by atoms with Crippen molar-refractivity contribution < 1.29 is 9.13 Å². The van der Waals surface area contributed by atoms with Crippen molar-refractivity contribution in [1.29, 1.82) is 0 Å². The normalized spacial score (nSPS) is 17.4. The summed E-state index contributed by atoms with van der Waals surface area (Å²) in [5.41, 5.74) is 2.24. The maximum absolute atomic E-state index is 13.1. The molecule has 20 heavy (non-hydrogen) atoms. The van der Waals surface area contributed by atoms with Gasteiger partial charge in [-0.1, -0.05) is 40.2 Å². The van der Waals surface area contributed by atoms with Crippen molar-refractivity contribution in [2.45, 2.75) is 19.0 Å². The van der Waals surface area contributed by atoms with Gasteiger partial charge in [0.1, 0.15) is 11.6 Å². The monoisotopic (exact) mass is 335 g/mol. The molecule has 0 saturated heterocycles. The van der Waals surface area contributed by atoms with Crippen LogP contribution in [0.3, 0.4) is 0 Å². The van der Waals surface area contributed by atoms with Crippen LogP contribution in [0.2, 0.25) is 0 Å². The first-order valence-electron chi connectivity index (χ1n) is 6.63. The smallest absolute Gasteiger partial charge is 0.124 e. The first kappa shape index (κ1) is 13.6. The quantitative estimate of drug-likeness (QED) is 0.907. The Bertz CT molecular complexity index is 617. The number of rotatable bonds is 3. The fourth-order valence-electron chi connectivity index (χ4n) is 2.45. The van der Waals surface area contributed by atoms with Crippen molar-refractivity contribution in [2.24, 2.45) is 0 Å². The molecule has 2 nitrogen and oxygen atoms in total. The second kappa shape index (κ2) is 5.94. The van der Waals surface area contributed by atoms with Crippen molar-refractivity contribution in [1.82, 2.24) is 5.32 Å². The van der Waals surface area contributed by atoms with Gasteiger partial charge in [-0.05, 0) is 23.8 Å². The van der Waals surface area contributed by atoms with Crippen LogP contribution in [-0.4, -0.2) is 6.61 Å². The molecule has 1 heterocycles. The molecule has 0 radical (unpaired) electrons. The molecule has 0 bridgehead atoms. The molecular formula is C16H15BrFNO. The Hall–Kier alpha value is -1.39. The molecule has 1 N–H and O–H groups in total. The molecular weight excluding hydrogens is 321 g/mol. The molecule has 0 fully saturated rings. The third kappa shape index (κ3) is 2.86. The van der Waals surface area contributed by atoms with E-state index in [0.29, 0.717) is 6.54 Å². The Morgan fingerprint density at radius 2 is 2.10 bits per heavy atom. The van der Waals surface area contributed by atoms with E-state index < -0.39 is 0 Å². The van der Waals surface area contributed by atoms with Gasteiger partial charge in [-0.3, -0.25) is 0 Å². The summed E-state index contributed by atoms with van der Waals surface area (Å²) >= 11 is 3.40. The summed E-state index contributed by atoms with van der Waals surface area (Å²) in [7, 11) is 0. The highest BCUT2D eigenvalue weighted by molar-refractivity contribution is 9.10. The zero-order valence-corrected chi connectivity index (χ0v) is 12.5. The number of hydrogen-bond acceptors (Lipinski definition) is 2. The van der Waals surface area contributed by atoms with Crippen LogP contribution in [-0.2, 0) is 6.54 Å². The Balaban J connectivity index is 1.73. The van der Waals surface area contributed by atoms with Crippen LogP contribution >= 0.6 is 15.9 Å². The maximum atomic E-state index is 13.1. The molecule has 104 valence electrons. The standard InChI is InChI=1S/C16H15BrFNO/c17-14-9-12(18)6-5-11(14)10-19-15-7-8-20-16-4-2-1-3-13(15)16/h1-6,9,15,19H,7-8,10H2. The lowest BCUT2D eigenvalue weighted by atomic mass is 10.0. The summed E-state index contributed by atoms with van der Waals surface area (Å²) in [5.74, 6) is 0.728. The third-order valence-electron chi connectivity index (χ3n) is 3.51. The minimum atomic E-state index is -0.225. The summed E-state index contributed by atoms with van der Waals surface area (Å²) in [4.78, 5) is 0. The van der Waals surface area contributed by atoms with E-state index in [9.17, 15) is 4.39 Å². The van der Waals surface area contributed by atoms with E-state index in [1.807, 2.05) is 18.2 Å². The van der Waals surface area contributed by atoms with Gasteiger partial charge in [-0.15, -0.1) is 0 Å². The molecule has 4 heteroatoms. The van der Waals surface area contributed by atoms with Crippen LogP contribution in [0.1, 0.15) is 23.6 Å². The minimum Gasteiger partial charge on any atom is -0.493 e. The maximum Gasteiger partial charge on any atom is 0.124 e. The number of benzene rings is 2. The Kier molecular flexibility index (Phi) is 4.03. The van der Waals surface area contributed by atoms with Gasteiger partial charge in [0.15, 0.2) is 0 Å². The first-order valence-corrected chi connectivity index (χ1v) is 7.42. The average molecular weight is 336 g/mol. The van der Waals surface area contributed by atoms with Crippen LogP contribution in [0.15, 0.2) is 46.9 Å². The number of fused-ring (bicyclic) bond motifs is 1. The lowest BCUT2D eigenvalue weighted by Crippen LogP contribution is -2.26. The highest BCUT2D eigenvalue weighted by atomic mass is 79.9. The van der Waals surface area contributed by atoms with Crippen molar-refractivity contribution in [3.8, 4) is 5.75 Å². The van der Waals surface area contributed by atoms with E-state index in [2.05, 4.69) is 27.3 Å². The van der Waals surface area contributed by atoms with E-state index in [0.717, 1.165) is 28.8 Å². The molecule has 0 aromatic heterocycles. The van der Waals surface area contributed by atoms with Gasteiger partial charge in [-0.25, -0.2) is 4.39 Å². The summed E-state index contributed by atoms with van der Waals surface area (Å²) in [6.07, 6.45) is 0.940. The molecule has 1 unspecified atom stereocenters. The van der Waals surface area contributed by atoms with Gasteiger partial charge >= 0.3 is 0 Å². The molecule has 1 aliphatic heterocycles. The fourth-order valence-corrected chi connectivity index (χ4v) is 2.94. The van der Waals surface area contributed by atoms with Gasteiger partial charge in [-0.2, -0.15) is 0 Å². The minimum absolute atomic E-state index is 0.225. The molecule has 3 rings (SSSR count). The molecule has 0 amide bonds. The molecule has 2 aromatic rings. The molecule has 0 spiro atoms. The topological polar surface area (TPSA) is 21.3 Å². The van der Waals surface area contributed by atoms with Gasteiger partial charge in [0, 0.05) is 29.0 Å². The third-order valence-corrected chi connectivity index (χ3v) is 4.25. The Morgan fingerprint density at radius 1 is 1.25 bits per heavy atom. The number of nitrogens with one attached hydrogen (secondary N) is 1. The lowest BCUT2D eigenvalue weighted by molar-refractivity contribution is 0.252. The van der Waals surface area contributed by atoms with E-state index in [1.165, 1.54) is 17.7 Å². The van der Waals surface area contributed by atoms with Crippen molar-refractivity contribution >= 4 is 15.9 Å². The van der Waals surface area contributed by atoms with Crippen molar-refractivity contribution in [2.75, 3.05) is 6.61 Å². The van der Waals surface area contributed by atoms with Crippen LogP contribution in [0, 0.1) is 5.82 Å². The van der Waals surface area contributed by atoms with Crippen LogP contribution in [0.25, 0.3) is 0 Å². The largest absolute Gasteiger partial charge is 0.493 e. The van der Waals surface area contributed by atoms with Crippen LogP contribution in [0.4, 0.5) is 4.39 Å².